The molecule has 0 radical (unpaired) electrons. The zero-order valence-corrected chi connectivity index (χ0v) is 7.72. The van der Waals surface area contributed by atoms with Crippen LogP contribution in [-0.2, 0) is 6.42 Å². The predicted molar refractivity (Wildman–Crippen MR) is 54.4 cm³/mol. The SMILES string of the molecule is CCCc1ccc(NC)cc1N. The van der Waals surface area contributed by atoms with Gasteiger partial charge in [0.2, 0.25) is 0 Å². The van der Waals surface area contributed by atoms with Crippen LogP contribution in [-0.4, -0.2) is 7.05 Å². The van der Waals surface area contributed by atoms with Gasteiger partial charge in [-0.2, -0.15) is 0 Å². The molecule has 0 saturated heterocycles. The van der Waals surface area contributed by atoms with Gasteiger partial charge in [-0.25, -0.2) is 0 Å². The highest BCUT2D eigenvalue weighted by Gasteiger charge is 1.97. The van der Waals surface area contributed by atoms with Gasteiger partial charge in [-0.1, -0.05) is 19.4 Å². The molecule has 0 aromatic heterocycles. The molecule has 0 aliphatic heterocycles. The summed E-state index contributed by atoms with van der Waals surface area (Å²) in [4.78, 5) is 0. The molecule has 0 saturated carbocycles. The summed E-state index contributed by atoms with van der Waals surface area (Å²) in [5.41, 5.74) is 9.06. The molecule has 1 rings (SSSR count). The van der Waals surface area contributed by atoms with E-state index in [0.29, 0.717) is 0 Å². The first kappa shape index (κ1) is 8.91. The minimum atomic E-state index is 0.892. The summed E-state index contributed by atoms with van der Waals surface area (Å²) in [6.07, 6.45) is 2.21. The topological polar surface area (TPSA) is 38.0 Å². The van der Waals surface area contributed by atoms with Crippen molar-refractivity contribution in [1.29, 1.82) is 0 Å². The van der Waals surface area contributed by atoms with Crippen molar-refractivity contribution in [2.75, 3.05) is 18.1 Å². The summed E-state index contributed by atoms with van der Waals surface area (Å²) in [6, 6.07) is 6.12. The molecule has 2 heteroatoms. The van der Waals surface area contributed by atoms with Crippen LogP contribution in [0.4, 0.5) is 11.4 Å². The number of hydrogen-bond donors (Lipinski definition) is 2. The highest BCUT2D eigenvalue weighted by molar-refractivity contribution is 5.58. The number of nitrogens with one attached hydrogen (secondary N) is 1. The van der Waals surface area contributed by atoms with Crippen molar-refractivity contribution in [3.05, 3.63) is 23.8 Å². The first-order valence-corrected chi connectivity index (χ1v) is 4.34. The van der Waals surface area contributed by atoms with Crippen LogP contribution in [0.1, 0.15) is 18.9 Å². The number of nitrogen functional groups attached to an aromatic ring is 1. The van der Waals surface area contributed by atoms with E-state index in [4.69, 9.17) is 5.73 Å². The first-order chi connectivity index (χ1) is 5.77. The number of benzene rings is 1. The Morgan fingerprint density at radius 2 is 2.17 bits per heavy atom. The molecular formula is C10H16N2. The Kier molecular flexibility index (Phi) is 2.97. The highest BCUT2D eigenvalue weighted by Crippen LogP contribution is 2.18. The lowest BCUT2D eigenvalue weighted by Crippen LogP contribution is -1.96. The monoisotopic (exact) mass is 164 g/mol. The van der Waals surface area contributed by atoms with E-state index in [1.807, 2.05) is 13.1 Å². The lowest BCUT2D eigenvalue weighted by molar-refractivity contribution is 0.924. The average molecular weight is 164 g/mol. The Morgan fingerprint density at radius 1 is 1.42 bits per heavy atom. The molecule has 0 bridgehead atoms. The van der Waals surface area contributed by atoms with Gasteiger partial charge >= 0.3 is 0 Å². The Balaban J connectivity index is 2.87. The molecule has 0 unspecified atom stereocenters. The fraction of sp³-hybridized carbons (Fsp3) is 0.400. The summed E-state index contributed by atoms with van der Waals surface area (Å²) in [5.74, 6) is 0. The molecule has 12 heavy (non-hydrogen) atoms. The van der Waals surface area contributed by atoms with Crippen molar-refractivity contribution >= 4 is 11.4 Å². The molecule has 0 fully saturated rings. The van der Waals surface area contributed by atoms with Gasteiger partial charge < -0.3 is 11.1 Å². The largest absolute Gasteiger partial charge is 0.398 e. The van der Waals surface area contributed by atoms with Gasteiger partial charge in [0, 0.05) is 18.4 Å². The third-order valence-corrected chi connectivity index (χ3v) is 1.95. The van der Waals surface area contributed by atoms with Crippen LogP contribution in [0.2, 0.25) is 0 Å². The molecule has 0 atom stereocenters. The van der Waals surface area contributed by atoms with Gasteiger partial charge in [-0.3, -0.25) is 0 Å². The van der Waals surface area contributed by atoms with Crippen molar-refractivity contribution in [1.82, 2.24) is 0 Å². The molecule has 2 nitrogen and oxygen atoms in total. The van der Waals surface area contributed by atoms with E-state index < -0.39 is 0 Å². The minimum absolute atomic E-state index is 0.892. The lowest BCUT2D eigenvalue weighted by atomic mass is 10.1. The molecule has 0 amide bonds. The summed E-state index contributed by atoms with van der Waals surface area (Å²) >= 11 is 0. The number of nitrogens with two attached hydrogens (primary N) is 1. The fourth-order valence-electron chi connectivity index (χ4n) is 1.25. The predicted octanol–water partition coefficient (Wildman–Crippen LogP) is 2.26. The van der Waals surface area contributed by atoms with Crippen molar-refractivity contribution < 1.29 is 0 Å². The van der Waals surface area contributed by atoms with Crippen LogP contribution < -0.4 is 11.1 Å². The van der Waals surface area contributed by atoms with Crippen molar-refractivity contribution in [2.45, 2.75) is 19.8 Å². The molecule has 1 aromatic rings. The van der Waals surface area contributed by atoms with Crippen LogP contribution in [0.5, 0.6) is 0 Å². The summed E-state index contributed by atoms with van der Waals surface area (Å²) in [6.45, 7) is 2.16. The molecule has 3 N–H and O–H groups in total. The maximum Gasteiger partial charge on any atom is 0.0367 e. The molecule has 0 heterocycles. The molecule has 0 aliphatic carbocycles. The molecule has 66 valence electrons. The minimum Gasteiger partial charge on any atom is -0.398 e. The first-order valence-electron chi connectivity index (χ1n) is 4.34. The Labute approximate surface area is 73.8 Å². The average Bonchev–Trinajstić information content (AvgIpc) is 2.09. The van der Waals surface area contributed by atoms with Crippen LogP contribution in [0.3, 0.4) is 0 Å². The van der Waals surface area contributed by atoms with Gasteiger partial charge in [0.25, 0.3) is 0 Å². The normalized spacial score (nSPS) is 9.83. The number of anilines is 2. The van der Waals surface area contributed by atoms with Gasteiger partial charge in [0.05, 0.1) is 0 Å². The third kappa shape index (κ3) is 1.91. The van der Waals surface area contributed by atoms with Crippen LogP contribution in [0.25, 0.3) is 0 Å². The maximum absolute atomic E-state index is 5.84. The molecular weight excluding hydrogens is 148 g/mol. The Hall–Kier alpha value is -1.18. The zero-order valence-electron chi connectivity index (χ0n) is 7.72. The summed E-state index contributed by atoms with van der Waals surface area (Å²) in [5, 5.41) is 3.06. The maximum atomic E-state index is 5.84. The number of rotatable bonds is 3. The molecule has 1 aromatic carbocycles. The smallest absolute Gasteiger partial charge is 0.0367 e. The van der Waals surface area contributed by atoms with Crippen molar-refractivity contribution in [3.63, 3.8) is 0 Å². The van der Waals surface area contributed by atoms with Crippen LogP contribution >= 0.6 is 0 Å². The van der Waals surface area contributed by atoms with E-state index in [2.05, 4.69) is 24.4 Å². The van der Waals surface area contributed by atoms with Gasteiger partial charge in [-0.15, -0.1) is 0 Å². The fourth-order valence-corrected chi connectivity index (χ4v) is 1.25. The number of hydrogen-bond acceptors (Lipinski definition) is 2. The van der Waals surface area contributed by atoms with Crippen LogP contribution in [0, 0.1) is 0 Å². The molecule has 0 aliphatic rings. The number of aryl methyl sites for hydroxylation is 1. The standard InChI is InChI=1S/C10H16N2/c1-3-4-8-5-6-9(12-2)7-10(8)11/h5-7,12H,3-4,11H2,1-2H3. The Bertz CT molecular complexity index is 256. The van der Waals surface area contributed by atoms with Gasteiger partial charge in [0.1, 0.15) is 0 Å². The van der Waals surface area contributed by atoms with Gasteiger partial charge in [0.15, 0.2) is 0 Å². The second-order valence-electron chi connectivity index (χ2n) is 2.91. The summed E-state index contributed by atoms with van der Waals surface area (Å²) < 4.78 is 0. The second-order valence-corrected chi connectivity index (χ2v) is 2.91. The van der Waals surface area contributed by atoms with E-state index in [0.717, 1.165) is 24.2 Å². The second kappa shape index (κ2) is 4.00. The van der Waals surface area contributed by atoms with E-state index >= 15 is 0 Å². The molecule has 0 spiro atoms. The Morgan fingerprint density at radius 3 is 2.67 bits per heavy atom. The van der Waals surface area contributed by atoms with E-state index in [1.54, 1.807) is 0 Å². The van der Waals surface area contributed by atoms with E-state index in [1.165, 1.54) is 5.56 Å². The van der Waals surface area contributed by atoms with E-state index in [9.17, 15) is 0 Å². The van der Waals surface area contributed by atoms with Gasteiger partial charge in [-0.05, 0) is 24.1 Å². The lowest BCUT2D eigenvalue weighted by Gasteiger charge is -2.06. The van der Waals surface area contributed by atoms with E-state index in [-0.39, 0.29) is 0 Å². The third-order valence-electron chi connectivity index (χ3n) is 1.95. The quantitative estimate of drug-likeness (QED) is 0.672. The van der Waals surface area contributed by atoms with Crippen molar-refractivity contribution in [2.24, 2.45) is 0 Å². The zero-order chi connectivity index (χ0) is 8.97. The highest BCUT2D eigenvalue weighted by atomic mass is 14.8. The van der Waals surface area contributed by atoms with Crippen molar-refractivity contribution in [3.8, 4) is 0 Å². The van der Waals surface area contributed by atoms with Crippen LogP contribution in [0.15, 0.2) is 18.2 Å². The summed E-state index contributed by atoms with van der Waals surface area (Å²) in [7, 11) is 1.90.